The third-order valence-corrected chi connectivity index (χ3v) is 15.3. The molecule has 49 heavy (non-hydrogen) atoms. The Morgan fingerprint density at radius 2 is 1.67 bits per heavy atom. The van der Waals surface area contributed by atoms with Gasteiger partial charge < -0.3 is 34.2 Å². The maximum Gasteiger partial charge on any atom is 0.265 e. The van der Waals surface area contributed by atoms with Gasteiger partial charge in [-0.3, -0.25) is 14.5 Å². The summed E-state index contributed by atoms with van der Waals surface area (Å²) in [6, 6.07) is -0.514. The number of fused-ring (bicyclic) bond motifs is 4. The van der Waals surface area contributed by atoms with Crippen LogP contribution in [0.15, 0.2) is 15.9 Å². The second-order valence-electron chi connectivity index (χ2n) is 15.7. The van der Waals surface area contributed by atoms with E-state index in [2.05, 4.69) is 57.9 Å². The molecule has 2 aromatic heterocycles. The summed E-state index contributed by atoms with van der Waals surface area (Å²) in [6.07, 6.45) is 4.08. The van der Waals surface area contributed by atoms with Gasteiger partial charge in [-0.1, -0.05) is 47.5 Å². The van der Waals surface area contributed by atoms with E-state index in [1.165, 1.54) is 0 Å². The molecule has 12 nitrogen and oxygen atoms in total. The number of Topliss-reactive ketones (excluding diaryl/α,β-unsaturated/α-hetero) is 2. The molecule has 3 aliphatic carbocycles. The minimum Gasteiger partial charge on any atom is -0.508 e. The fourth-order valence-corrected chi connectivity index (χ4v) is 8.77. The van der Waals surface area contributed by atoms with Crippen LogP contribution in [0.2, 0.25) is 18.1 Å². The van der Waals surface area contributed by atoms with E-state index in [0.29, 0.717) is 43.2 Å². The van der Waals surface area contributed by atoms with Crippen molar-refractivity contribution < 1.29 is 33.1 Å². The van der Waals surface area contributed by atoms with Crippen LogP contribution in [0.25, 0.3) is 0 Å². The summed E-state index contributed by atoms with van der Waals surface area (Å²) in [5, 5.41) is 16.7. The van der Waals surface area contributed by atoms with E-state index in [1.54, 1.807) is 0 Å². The van der Waals surface area contributed by atoms with Gasteiger partial charge in [0.15, 0.2) is 37.0 Å². The average molecular weight is 698 g/mol. The molecule has 0 radical (unpaired) electrons. The Morgan fingerprint density at radius 3 is 2.24 bits per heavy atom. The first-order chi connectivity index (χ1) is 22.9. The number of aromatic nitrogens is 2. The molecule has 5 rings (SSSR count). The maximum atomic E-state index is 15.3. The highest BCUT2D eigenvalue weighted by Gasteiger charge is 2.67. The van der Waals surface area contributed by atoms with Crippen molar-refractivity contribution >= 4 is 31.5 Å². The average Bonchev–Trinajstić information content (AvgIpc) is 3.42. The number of aliphatic hydroxyl groups is 1. The van der Waals surface area contributed by atoms with Gasteiger partial charge in [-0.15, -0.1) is 0 Å². The molecule has 0 fully saturated rings. The molecule has 3 aliphatic rings. The summed E-state index contributed by atoms with van der Waals surface area (Å²) in [5.41, 5.74) is 5.91. The number of ketones is 2. The monoisotopic (exact) mass is 697 g/mol. The van der Waals surface area contributed by atoms with E-state index in [1.807, 2.05) is 38.0 Å². The first-order valence-corrected chi connectivity index (χ1v) is 20.5. The molecule has 0 saturated carbocycles. The van der Waals surface area contributed by atoms with Crippen molar-refractivity contribution in [3.8, 4) is 11.6 Å². The van der Waals surface area contributed by atoms with E-state index >= 15 is 4.79 Å². The van der Waals surface area contributed by atoms with Crippen LogP contribution in [-0.4, -0.2) is 87.0 Å². The van der Waals surface area contributed by atoms with Crippen LogP contribution in [0, 0.1) is 11.8 Å². The zero-order chi connectivity index (χ0) is 36.2. The van der Waals surface area contributed by atoms with Crippen LogP contribution in [0.3, 0.4) is 0 Å². The summed E-state index contributed by atoms with van der Waals surface area (Å²) < 4.78 is 25.3. The van der Waals surface area contributed by atoms with Crippen LogP contribution in [0.4, 0.5) is 11.6 Å². The van der Waals surface area contributed by atoms with Gasteiger partial charge in [0.1, 0.15) is 17.1 Å². The van der Waals surface area contributed by atoms with E-state index in [0.717, 1.165) is 25.7 Å². The Balaban J connectivity index is 1.81. The number of hydrogen-bond acceptors (Lipinski definition) is 12. The Bertz CT molecular complexity index is 1640. The second-order valence-corrected chi connectivity index (χ2v) is 20.4. The predicted molar refractivity (Wildman–Crippen MR) is 191 cm³/mol. The van der Waals surface area contributed by atoms with Gasteiger partial charge in [-0.2, -0.15) is 0 Å². The zero-order valence-electron chi connectivity index (χ0n) is 31.2. The molecular weight excluding hydrogens is 643 g/mol. The number of nitrogens with two attached hydrogens (primary N) is 1. The highest BCUT2D eigenvalue weighted by atomic mass is 28.4. The molecule has 270 valence electrons. The van der Waals surface area contributed by atoms with Crippen LogP contribution in [-0.2, 0) is 10.8 Å². The number of pyridine rings is 1. The minimum atomic E-state index is -2.82. The molecule has 0 aromatic carbocycles. The number of ether oxygens (including phenoxy) is 2. The van der Waals surface area contributed by atoms with Gasteiger partial charge in [-0.05, 0) is 69.0 Å². The largest absolute Gasteiger partial charge is 0.508 e. The van der Waals surface area contributed by atoms with Gasteiger partial charge in [0.25, 0.3) is 5.88 Å². The number of carbonyl (C=O) groups excluding carboxylic acids is 2. The molecule has 0 aliphatic heterocycles. The molecule has 0 unspecified atom stereocenters. The van der Waals surface area contributed by atoms with Crippen molar-refractivity contribution in [3.05, 3.63) is 33.8 Å². The maximum absolute atomic E-state index is 15.3. The number of rotatable bonds is 12. The molecule has 0 spiro atoms. The quantitative estimate of drug-likeness (QED) is 0.183. The third-order valence-electron chi connectivity index (χ3n) is 10.8. The summed E-state index contributed by atoms with van der Waals surface area (Å²) >= 11 is 0. The van der Waals surface area contributed by atoms with Gasteiger partial charge >= 0.3 is 0 Å². The van der Waals surface area contributed by atoms with Gasteiger partial charge in [0.05, 0.1) is 24.8 Å². The Morgan fingerprint density at radius 1 is 1.04 bits per heavy atom. The highest BCUT2D eigenvalue weighted by Crippen LogP contribution is 2.60. The van der Waals surface area contributed by atoms with Crippen molar-refractivity contribution in [2.24, 2.45) is 11.8 Å². The van der Waals surface area contributed by atoms with Gasteiger partial charge in [-0.25, -0.2) is 4.98 Å². The predicted octanol–water partition coefficient (Wildman–Crippen LogP) is 6.52. The molecule has 13 heteroatoms. The first kappa shape index (κ1) is 36.8. The molecular formula is C36H55N5O7Si. The molecule has 0 bridgehead atoms. The number of anilines is 2. The number of nitrogen functional groups attached to an aromatic ring is 1. The number of aliphatic hydroxyl groups excluding tert-OH is 1. The summed E-state index contributed by atoms with van der Waals surface area (Å²) in [7, 11) is 4.73. The molecule has 4 atom stereocenters. The Kier molecular flexibility index (Phi) is 10.1. The van der Waals surface area contributed by atoms with Crippen LogP contribution < -0.4 is 20.1 Å². The highest BCUT2D eigenvalue weighted by molar-refractivity contribution is 6.74. The minimum absolute atomic E-state index is 0.0817. The number of allylic oxidation sites excluding steroid dienone is 1. The van der Waals surface area contributed by atoms with Crippen molar-refractivity contribution in [2.75, 3.05) is 52.0 Å². The molecule has 0 saturated heterocycles. The lowest BCUT2D eigenvalue weighted by Crippen LogP contribution is -2.65. The second kappa shape index (κ2) is 13.4. The summed E-state index contributed by atoms with van der Waals surface area (Å²) in [5.74, 6) is -0.945. The van der Waals surface area contributed by atoms with Crippen molar-refractivity contribution in [1.29, 1.82) is 0 Å². The number of unbranched alkanes of at least 4 members (excludes halogenated alkanes) is 2. The van der Waals surface area contributed by atoms with Crippen LogP contribution >= 0.6 is 0 Å². The zero-order valence-corrected chi connectivity index (χ0v) is 32.2. The van der Waals surface area contributed by atoms with Gasteiger partial charge in [0, 0.05) is 31.1 Å². The normalized spacial score (nSPS) is 23.6. The van der Waals surface area contributed by atoms with E-state index in [4.69, 9.17) is 24.2 Å². The summed E-state index contributed by atoms with van der Waals surface area (Å²) in [6.45, 7) is 15.2. The fourth-order valence-electron chi connectivity index (χ4n) is 7.32. The lowest BCUT2D eigenvalue weighted by atomic mass is 9.58. The number of carbonyl (C=O) groups is 2. The van der Waals surface area contributed by atoms with E-state index in [9.17, 15) is 9.90 Å². The molecule has 3 N–H and O–H groups in total. The van der Waals surface area contributed by atoms with E-state index in [-0.39, 0.29) is 44.9 Å². The van der Waals surface area contributed by atoms with Crippen molar-refractivity contribution in [3.63, 3.8) is 0 Å². The molecule has 2 aromatic rings. The Hall–Kier alpha value is -3.42. The SMILES string of the molecule is CCCCOc1noc2c1C(=O)[C@@]1(O[Si](C)(C)C(C)(C)C)C(O)=C3C(=O)c4c(c(N(C)C)nc(N)c4OCCCC)C[C@H]3C[C@H]1[C@@H]2N(C)C. The van der Waals surface area contributed by atoms with Crippen LogP contribution in [0.1, 0.15) is 105 Å². The topological polar surface area (TPSA) is 153 Å². The van der Waals surface area contributed by atoms with Crippen molar-refractivity contribution in [1.82, 2.24) is 15.0 Å². The van der Waals surface area contributed by atoms with Crippen LogP contribution in [0.5, 0.6) is 11.6 Å². The van der Waals surface area contributed by atoms with Crippen molar-refractivity contribution in [2.45, 2.75) is 103 Å². The third kappa shape index (κ3) is 5.95. The van der Waals surface area contributed by atoms with E-state index < -0.39 is 43.4 Å². The standard InChI is InChI=1S/C36H55N5O7Si/c1-12-14-16-45-29-24-21(33(41(8)9)38-32(29)37)18-20-19-22-26(40(6)7)28-25(34(39-47-28)46-17-15-13-2)31(44)36(22,30(43)23(20)27(24)42)48-49(10,11)35(3,4)5/h20,22,26,43H,12-19H2,1-11H3,(H2,37,38)/t20-,22-,26-,36-/m0/s1. The Labute approximate surface area is 291 Å². The number of nitrogens with zero attached hydrogens (tertiary/aromatic N) is 4. The smallest absolute Gasteiger partial charge is 0.265 e. The lowest BCUT2D eigenvalue weighted by Gasteiger charge is -2.55. The number of hydrogen-bond donors (Lipinski definition) is 2. The van der Waals surface area contributed by atoms with Gasteiger partial charge in [0.2, 0.25) is 5.78 Å². The summed E-state index contributed by atoms with van der Waals surface area (Å²) in [4.78, 5) is 38.7. The molecule has 0 amide bonds. The lowest BCUT2D eigenvalue weighted by molar-refractivity contribution is -0.0480. The molecule has 2 heterocycles. The fraction of sp³-hybridized carbons (Fsp3) is 0.667. The first-order valence-electron chi connectivity index (χ1n) is 17.6.